The Bertz CT molecular complexity index is 291. The Kier molecular flexibility index (Phi) is 3.24. The number of aryl methyl sites for hydroxylation is 1. The monoisotopic (exact) mass is 162 g/mol. The fourth-order valence-corrected chi connectivity index (χ4v) is 0.941. The van der Waals surface area contributed by atoms with Crippen molar-refractivity contribution < 1.29 is 5.11 Å². The highest BCUT2D eigenvalue weighted by molar-refractivity contribution is 5.11. The molecule has 0 spiro atoms. The van der Waals surface area contributed by atoms with Gasteiger partial charge in [-0.15, -0.1) is 0 Å². The van der Waals surface area contributed by atoms with Gasteiger partial charge in [-0.05, 0) is 12.1 Å². The number of hydrogen-bond donors (Lipinski definition) is 1. The largest absolute Gasteiger partial charge is 0.390 e. The zero-order valence-corrected chi connectivity index (χ0v) is 6.70. The molecule has 1 heterocycles. The molecule has 1 aromatic heterocycles. The van der Waals surface area contributed by atoms with E-state index < -0.39 is 0 Å². The minimum atomic E-state index is -0.0413. The summed E-state index contributed by atoms with van der Waals surface area (Å²) < 4.78 is 0. The Morgan fingerprint density at radius 2 is 2.17 bits per heavy atom. The first kappa shape index (κ1) is 8.69. The smallest absolute Gasteiger partial charge is 0.0853 e. The Hall–Kier alpha value is -1.40. The van der Waals surface area contributed by atoms with E-state index in [4.69, 9.17) is 10.4 Å². The lowest BCUT2D eigenvalue weighted by Gasteiger charge is -1.98. The summed E-state index contributed by atoms with van der Waals surface area (Å²) in [6.07, 6.45) is 1.13. The standard InChI is InChI=1S/C9H10N2O/c10-6-2-5-8-3-1-4-9(7-12)11-8/h1,3-4,12H,2,5,7H2. The van der Waals surface area contributed by atoms with E-state index in [-0.39, 0.29) is 6.61 Å². The summed E-state index contributed by atoms with van der Waals surface area (Å²) in [4.78, 5) is 4.13. The zero-order chi connectivity index (χ0) is 8.81. The first-order valence-electron chi connectivity index (χ1n) is 3.79. The Morgan fingerprint density at radius 1 is 1.42 bits per heavy atom. The van der Waals surface area contributed by atoms with Crippen molar-refractivity contribution in [1.82, 2.24) is 4.98 Å². The number of pyridine rings is 1. The highest BCUT2D eigenvalue weighted by Gasteiger charge is 1.95. The van der Waals surface area contributed by atoms with Crippen LogP contribution >= 0.6 is 0 Å². The molecule has 0 radical (unpaired) electrons. The van der Waals surface area contributed by atoms with E-state index >= 15 is 0 Å². The van der Waals surface area contributed by atoms with Gasteiger partial charge >= 0.3 is 0 Å². The molecule has 1 rings (SSSR count). The van der Waals surface area contributed by atoms with Gasteiger partial charge in [-0.3, -0.25) is 4.98 Å². The lowest BCUT2D eigenvalue weighted by atomic mass is 10.2. The van der Waals surface area contributed by atoms with Crippen LogP contribution in [0.15, 0.2) is 18.2 Å². The molecule has 0 fully saturated rings. The molecule has 1 N–H and O–H groups in total. The van der Waals surface area contributed by atoms with Crippen LogP contribution in [0.4, 0.5) is 0 Å². The fraction of sp³-hybridized carbons (Fsp3) is 0.333. The van der Waals surface area contributed by atoms with Crippen molar-refractivity contribution in [3.05, 3.63) is 29.6 Å². The molecule has 0 aliphatic carbocycles. The van der Waals surface area contributed by atoms with Crippen LogP contribution in [0.2, 0.25) is 0 Å². The van der Waals surface area contributed by atoms with Gasteiger partial charge in [0.2, 0.25) is 0 Å². The second kappa shape index (κ2) is 4.47. The molecule has 3 nitrogen and oxygen atoms in total. The van der Waals surface area contributed by atoms with Gasteiger partial charge in [0.05, 0.1) is 18.4 Å². The van der Waals surface area contributed by atoms with Crippen LogP contribution in [0.5, 0.6) is 0 Å². The molecule has 1 aromatic rings. The van der Waals surface area contributed by atoms with E-state index in [1.807, 2.05) is 12.1 Å². The molecule has 0 unspecified atom stereocenters. The molecule has 0 bridgehead atoms. The number of nitriles is 1. The predicted molar refractivity (Wildman–Crippen MR) is 44.1 cm³/mol. The number of nitrogens with zero attached hydrogens (tertiary/aromatic N) is 2. The Morgan fingerprint density at radius 3 is 2.83 bits per heavy atom. The quantitative estimate of drug-likeness (QED) is 0.722. The summed E-state index contributed by atoms with van der Waals surface area (Å²) in [5, 5.41) is 17.1. The number of hydrogen-bond acceptors (Lipinski definition) is 3. The fourth-order valence-electron chi connectivity index (χ4n) is 0.941. The Balaban J connectivity index is 2.67. The van der Waals surface area contributed by atoms with E-state index in [0.29, 0.717) is 18.5 Å². The summed E-state index contributed by atoms with van der Waals surface area (Å²) in [6, 6.07) is 7.51. The van der Waals surface area contributed by atoms with Gasteiger partial charge in [0, 0.05) is 18.5 Å². The second-order valence-corrected chi connectivity index (χ2v) is 2.44. The lowest BCUT2D eigenvalue weighted by molar-refractivity contribution is 0.276. The minimum absolute atomic E-state index is 0.0413. The number of rotatable bonds is 3. The number of aliphatic hydroxyl groups excluding tert-OH is 1. The van der Waals surface area contributed by atoms with Crippen molar-refractivity contribution in [2.45, 2.75) is 19.4 Å². The lowest BCUT2D eigenvalue weighted by Crippen LogP contribution is -1.94. The van der Waals surface area contributed by atoms with Crippen molar-refractivity contribution in [2.24, 2.45) is 0 Å². The van der Waals surface area contributed by atoms with Gasteiger partial charge < -0.3 is 5.11 Å². The number of aliphatic hydroxyl groups is 1. The second-order valence-electron chi connectivity index (χ2n) is 2.44. The molecule has 0 aromatic carbocycles. The highest BCUT2D eigenvalue weighted by atomic mass is 16.3. The van der Waals surface area contributed by atoms with Gasteiger partial charge in [0.15, 0.2) is 0 Å². The maximum Gasteiger partial charge on any atom is 0.0853 e. The topological polar surface area (TPSA) is 56.9 Å². The molecule has 0 saturated heterocycles. The van der Waals surface area contributed by atoms with Crippen LogP contribution in [0.3, 0.4) is 0 Å². The molecular weight excluding hydrogens is 152 g/mol. The van der Waals surface area contributed by atoms with Crippen molar-refractivity contribution in [2.75, 3.05) is 0 Å². The summed E-state index contributed by atoms with van der Waals surface area (Å²) in [6.45, 7) is -0.0413. The summed E-state index contributed by atoms with van der Waals surface area (Å²) >= 11 is 0. The van der Waals surface area contributed by atoms with Gasteiger partial charge in [0.25, 0.3) is 0 Å². The summed E-state index contributed by atoms with van der Waals surface area (Å²) in [5.41, 5.74) is 1.52. The van der Waals surface area contributed by atoms with E-state index in [0.717, 1.165) is 5.69 Å². The highest BCUT2D eigenvalue weighted by Crippen LogP contribution is 2.01. The van der Waals surface area contributed by atoms with Crippen LogP contribution in [0.1, 0.15) is 17.8 Å². The summed E-state index contributed by atoms with van der Waals surface area (Å²) in [7, 11) is 0. The molecule has 62 valence electrons. The van der Waals surface area contributed by atoms with E-state index in [2.05, 4.69) is 11.1 Å². The van der Waals surface area contributed by atoms with Gasteiger partial charge in [-0.25, -0.2) is 0 Å². The molecule has 0 amide bonds. The van der Waals surface area contributed by atoms with Crippen LogP contribution in [0, 0.1) is 11.3 Å². The molecule has 12 heavy (non-hydrogen) atoms. The average Bonchev–Trinajstić information content (AvgIpc) is 2.15. The van der Waals surface area contributed by atoms with Crippen LogP contribution in [-0.4, -0.2) is 10.1 Å². The van der Waals surface area contributed by atoms with Crippen molar-refractivity contribution in [1.29, 1.82) is 5.26 Å². The maximum atomic E-state index is 8.76. The first-order valence-corrected chi connectivity index (χ1v) is 3.79. The van der Waals surface area contributed by atoms with Gasteiger partial charge in [-0.2, -0.15) is 5.26 Å². The molecular formula is C9H10N2O. The third kappa shape index (κ3) is 2.33. The van der Waals surface area contributed by atoms with E-state index in [9.17, 15) is 0 Å². The summed E-state index contributed by atoms with van der Waals surface area (Å²) in [5.74, 6) is 0. The molecule has 0 saturated carbocycles. The molecule has 0 aliphatic heterocycles. The van der Waals surface area contributed by atoms with Gasteiger partial charge in [0.1, 0.15) is 0 Å². The third-order valence-electron chi connectivity index (χ3n) is 1.52. The molecule has 0 atom stereocenters. The number of aromatic nitrogens is 1. The van der Waals surface area contributed by atoms with Crippen LogP contribution < -0.4 is 0 Å². The average molecular weight is 162 g/mol. The van der Waals surface area contributed by atoms with Crippen molar-refractivity contribution >= 4 is 0 Å². The molecule has 3 heteroatoms. The third-order valence-corrected chi connectivity index (χ3v) is 1.52. The SMILES string of the molecule is N#CCCc1cccc(CO)n1. The van der Waals surface area contributed by atoms with Crippen molar-refractivity contribution in [3.8, 4) is 6.07 Å². The van der Waals surface area contributed by atoms with Crippen LogP contribution in [0.25, 0.3) is 0 Å². The predicted octanol–water partition coefficient (Wildman–Crippen LogP) is 1.03. The normalized spacial score (nSPS) is 9.33. The Labute approximate surface area is 71.3 Å². The maximum absolute atomic E-state index is 8.76. The van der Waals surface area contributed by atoms with E-state index in [1.165, 1.54) is 0 Å². The van der Waals surface area contributed by atoms with Gasteiger partial charge in [-0.1, -0.05) is 6.07 Å². The first-order chi connectivity index (χ1) is 5.86. The van der Waals surface area contributed by atoms with E-state index in [1.54, 1.807) is 6.07 Å². The van der Waals surface area contributed by atoms with Crippen LogP contribution in [-0.2, 0) is 13.0 Å². The molecule has 0 aliphatic rings. The zero-order valence-electron chi connectivity index (χ0n) is 6.70. The minimum Gasteiger partial charge on any atom is -0.390 e. The van der Waals surface area contributed by atoms with Crippen molar-refractivity contribution in [3.63, 3.8) is 0 Å².